The van der Waals surface area contributed by atoms with Crippen LogP contribution in [0.1, 0.15) is 12.5 Å². The molecule has 0 radical (unpaired) electrons. The highest BCUT2D eigenvalue weighted by molar-refractivity contribution is 7.87. The number of hydrogen-bond donors (Lipinski definition) is 3. The van der Waals surface area contributed by atoms with Crippen LogP contribution in [0.2, 0.25) is 0 Å². The zero-order valence-electron chi connectivity index (χ0n) is 8.64. The smallest absolute Gasteiger partial charge is 0.274 e. The third-order valence-electron chi connectivity index (χ3n) is 2.08. The van der Waals surface area contributed by atoms with Gasteiger partial charge in [-0.15, -0.1) is 0 Å². The second kappa shape index (κ2) is 4.46. The van der Waals surface area contributed by atoms with Crippen molar-refractivity contribution in [2.24, 2.45) is 5.14 Å². The summed E-state index contributed by atoms with van der Waals surface area (Å²) in [6.07, 6.45) is 0. The van der Waals surface area contributed by atoms with Gasteiger partial charge in [0.25, 0.3) is 10.2 Å². The second-order valence-electron chi connectivity index (χ2n) is 3.65. The minimum atomic E-state index is -3.86. The van der Waals surface area contributed by atoms with Gasteiger partial charge in [0.05, 0.1) is 0 Å². The fourth-order valence-electron chi connectivity index (χ4n) is 1.15. The number of nitrogens with two attached hydrogens (primary N) is 1. The van der Waals surface area contributed by atoms with E-state index >= 15 is 0 Å². The van der Waals surface area contributed by atoms with Crippen LogP contribution < -0.4 is 9.86 Å². The number of benzene rings is 1. The molecule has 0 saturated heterocycles. The predicted octanol–water partition coefficient (Wildman–Crippen LogP) is -0.174. The number of rotatable bonds is 4. The van der Waals surface area contributed by atoms with E-state index in [2.05, 4.69) is 0 Å². The maximum Gasteiger partial charge on any atom is 0.274 e. The first-order valence-corrected chi connectivity index (χ1v) is 6.01. The van der Waals surface area contributed by atoms with Gasteiger partial charge in [-0.2, -0.15) is 13.1 Å². The van der Waals surface area contributed by atoms with Crippen molar-refractivity contribution in [3.05, 3.63) is 35.6 Å². The summed E-state index contributed by atoms with van der Waals surface area (Å²) in [7, 11) is -3.86. The molecular weight excluding hydrogens is 235 g/mol. The Labute approximate surface area is 93.3 Å². The lowest BCUT2D eigenvalue weighted by atomic mass is 9.96. The van der Waals surface area contributed by atoms with Crippen LogP contribution in [0.3, 0.4) is 0 Å². The van der Waals surface area contributed by atoms with Crippen molar-refractivity contribution >= 4 is 10.2 Å². The van der Waals surface area contributed by atoms with Crippen molar-refractivity contribution in [3.63, 3.8) is 0 Å². The monoisotopic (exact) mass is 248 g/mol. The molecule has 0 fully saturated rings. The van der Waals surface area contributed by atoms with Crippen LogP contribution >= 0.6 is 0 Å². The topological polar surface area (TPSA) is 92.4 Å². The third kappa shape index (κ3) is 3.86. The molecule has 7 heteroatoms. The Bertz CT molecular complexity index is 456. The molecule has 1 unspecified atom stereocenters. The summed E-state index contributed by atoms with van der Waals surface area (Å²) in [6.45, 7) is 1.12. The summed E-state index contributed by atoms with van der Waals surface area (Å²) in [5, 5.41) is 14.7. The Morgan fingerprint density at radius 1 is 1.44 bits per heavy atom. The van der Waals surface area contributed by atoms with Crippen molar-refractivity contribution in [1.82, 2.24) is 4.72 Å². The van der Waals surface area contributed by atoms with Crippen LogP contribution in [0, 0.1) is 5.82 Å². The molecule has 1 aromatic rings. The molecule has 0 amide bonds. The molecule has 5 nitrogen and oxygen atoms in total. The van der Waals surface area contributed by atoms with Gasteiger partial charge in [0.15, 0.2) is 0 Å². The van der Waals surface area contributed by atoms with Crippen molar-refractivity contribution in [2.45, 2.75) is 12.5 Å². The Kier molecular flexibility index (Phi) is 3.64. The van der Waals surface area contributed by atoms with Crippen molar-refractivity contribution < 1.29 is 17.9 Å². The Balaban J connectivity index is 2.81. The summed E-state index contributed by atoms with van der Waals surface area (Å²) in [5.41, 5.74) is -1.05. The van der Waals surface area contributed by atoms with Crippen LogP contribution in [-0.2, 0) is 15.8 Å². The minimum absolute atomic E-state index is 0.280. The quantitative estimate of drug-likeness (QED) is 0.690. The van der Waals surface area contributed by atoms with E-state index in [0.29, 0.717) is 5.56 Å². The Hall–Kier alpha value is -1.02. The van der Waals surface area contributed by atoms with Gasteiger partial charge in [0, 0.05) is 6.54 Å². The summed E-state index contributed by atoms with van der Waals surface area (Å²) >= 11 is 0. The molecule has 0 aromatic heterocycles. The zero-order valence-corrected chi connectivity index (χ0v) is 9.46. The zero-order chi connectivity index (χ0) is 12.4. The molecule has 0 bridgehead atoms. The van der Waals surface area contributed by atoms with E-state index in [0.717, 1.165) is 0 Å². The molecule has 0 aliphatic heterocycles. The number of aliphatic hydroxyl groups is 1. The normalized spacial score (nSPS) is 15.8. The molecule has 0 saturated carbocycles. The molecule has 0 heterocycles. The average molecular weight is 248 g/mol. The lowest BCUT2D eigenvalue weighted by Gasteiger charge is -2.23. The fourth-order valence-corrected chi connectivity index (χ4v) is 1.63. The van der Waals surface area contributed by atoms with E-state index in [4.69, 9.17) is 5.14 Å². The lowest BCUT2D eigenvalue weighted by Crippen LogP contribution is -2.41. The highest BCUT2D eigenvalue weighted by Crippen LogP contribution is 2.19. The average Bonchev–Trinajstić information content (AvgIpc) is 2.15. The maximum atomic E-state index is 12.6. The first-order chi connectivity index (χ1) is 7.21. The van der Waals surface area contributed by atoms with Crippen molar-refractivity contribution in [2.75, 3.05) is 6.54 Å². The first-order valence-electron chi connectivity index (χ1n) is 4.46. The molecule has 1 aromatic carbocycles. The number of halogens is 1. The Morgan fingerprint density at radius 3 is 2.38 bits per heavy atom. The molecule has 4 N–H and O–H groups in total. The van der Waals surface area contributed by atoms with E-state index < -0.39 is 21.6 Å². The van der Waals surface area contributed by atoms with E-state index in [-0.39, 0.29) is 6.54 Å². The lowest BCUT2D eigenvalue weighted by molar-refractivity contribution is 0.0627. The SMILES string of the molecule is CC(O)(CNS(N)(=O)=O)c1ccc(F)cc1. The summed E-state index contributed by atoms with van der Waals surface area (Å²) in [6, 6.07) is 5.11. The standard InChI is InChI=1S/C9H13FN2O3S/c1-9(13,6-12-16(11,14)15)7-2-4-8(10)5-3-7/h2-5,12-13H,6H2,1H3,(H2,11,14,15). The molecule has 0 aliphatic rings. The number of hydrogen-bond acceptors (Lipinski definition) is 3. The second-order valence-corrected chi connectivity index (χ2v) is 5.03. The molecule has 1 atom stereocenters. The number of nitrogens with one attached hydrogen (secondary N) is 1. The third-order valence-corrected chi connectivity index (χ3v) is 2.63. The van der Waals surface area contributed by atoms with Crippen LogP contribution in [0.15, 0.2) is 24.3 Å². The molecule has 90 valence electrons. The highest BCUT2D eigenvalue weighted by Gasteiger charge is 2.24. The molecular formula is C9H13FN2O3S. The predicted molar refractivity (Wildman–Crippen MR) is 57.1 cm³/mol. The Morgan fingerprint density at radius 2 is 1.94 bits per heavy atom. The van der Waals surface area contributed by atoms with Gasteiger partial charge in [0.2, 0.25) is 0 Å². The van der Waals surface area contributed by atoms with Crippen LogP contribution in [0.4, 0.5) is 4.39 Å². The van der Waals surface area contributed by atoms with Gasteiger partial charge < -0.3 is 5.11 Å². The first kappa shape index (κ1) is 13.0. The van der Waals surface area contributed by atoms with Gasteiger partial charge in [-0.05, 0) is 24.6 Å². The minimum Gasteiger partial charge on any atom is -0.384 e. The largest absolute Gasteiger partial charge is 0.384 e. The summed E-state index contributed by atoms with van der Waals surface area (Å²) in [5.74, 6) is -0.432. The van der Waals surface area contributed by atoms with E-state index in [1.165, 1.54) is 31.2 Å². The van der Waals surface area contributed by atoms with Gasteiger partial charge >= 0.3 is 0 Å². The summed E-state index contributed by atoms with van der Waals surface area (Å²) < 4.78 is 35.9. The van der Waals surface area contributed by atoms with Gasteiger partial charge in [-0.25, -0.2) is 9.53 Å². The van der Waals surface area contributed by atoms with Crippen molar-refractivity contribution in [3.8, 4) is 0 Å². The van der Waals surface area contributed by atoms with Crippen LogP contribution in [0.5, 0.6) is 0 Å². The van der Waals surface area contributed by atoms with Gasteiger partial charge in [0.1, 0.15) is 11.4 Å². The van der Waals surface area contributed by atoms with Crippen LogP contribution in [-0.4, -0.2) is 20.1 Å². The molecule has 0 spiro atoms. The van der Waals surface area contributed by atoms with Gasteiger partial charge in [-0.1, -0.05) is 12.1 Å². The molecule has 0 aliphatic carbocycles. The van der Waals surface area contributed by atoms with E-state index in [1.807, 2.05) is 4.72 Å². The van der Waals surface area contributed by atoms with Crippen molar-refractivity contribution in [1.29, 1.82) is 0 Å². The fraction of sp³-hybridized carbons (Fsp3) is 0.333. The van der Waals surface area contributed by atoms with E-state index in [1.54, 1.807) is 0 Å². The van der Waals surface area contributed by atoms with E-state index in [9.17, 15) is 17.9 Å². The highest BCUT2D eigenvalue weighted by atomic mass is 32.2. The summed E-state index contributed by atoms with van der Waals surface area (Å²) in [4.78, 5) is 0. The molecule has 1 rings (SSSR count). The maximum absolute atomic E-state index is 12.6. The van der Waals surface area contributed by atoms with Crippen LogP contribution in [0.25, 0.3) is 0 Å². The molecule has 16 heavy (non-hydrogen) atoms. The van der Waals surface area contributed by atoms with Gasteiger partial charge in [-0.3, -0.25) is 0 Å².